The number of thiol groups is 1. The molecule has 84 valence electrons. The number of nitrogens with zero attached hydrogens (tertiary/aromatic N) is 1. The van der Waals surface area contributed by atoms with Crippen molar-refractivity contribution in [2.45, 2.75) is 18.9 Å². The van der Waals surface area contributed by atoms with E-state index in [0.29, 0.717) is 0 Å². The molecule has 0 bridgehead atoms. The standard InChI is InChI=1S/C12H13NOS2/c1-7-4-9(5-8(2)11(7)14-3)12-13-10(15)6-16-12/h4-6,15H,1-3H3. The predicted octanol–water partition coefficient (Wildman–Crippen LogP) is 3.72. The van der Waals surface area contributed by atoms with E-state index in [1.807, 2.05) is 19.2 Å². The van der Waals surface area contributed by atoms with Crippen molar-refractivity contribution in [2.24, 2.45) is 0 Å². The normalized spacial score (nSPS) is 10.5. The maximum Gasteiger partial charge on any atom is 0.124 e. The molecule has 0 aliphatic carbocycles. The molecule has 1 aromatic carbocycles. The highest BCUT2D eigenvalue weighted by atomic mass is 32.1. The molecule has 0 amide bonds. The number of methoxy groups -OCH3 is 1. The van der Waals surface area contributed by atoms with Crippen molar-refractivity contribution in [1.29, 1.82) is 0 Å². The fourth-order valence-electron chi connectivity index (χ4n) is 1.79. The minimum Gasteiger partial charge on any atom is -0.496 e. The van der Waals surface area contributed by atoms with E-state index in [9.17, 15) is 0 Å². The third kappa shape index (κ3) is 2.08. The van der Waals surface area contributed by atoms with Crippen LogP contribution in [0.1, 0.15) is 11.1 Å². The number of rotatable bonds is 2. The van der Waals surface area contributed by atoms with E-state index in [1.165, 1.54) is 0 Å². The minimum absolute atomic E-state index is 0.770. The van der Waals surface area contributed by atoms with Crippen LogP contribution in [0.25, 0.3) is 10.6 Å². The van der Waals surface area contributed by atoms with Crippen LogP contribution in [0.5, 0.6) is 5.75 Å². The maximum atomic E-state index is 5.34. The first-order valence-corrected chi connectivity index (χ1v) is 6.24. The molecule has 0 atom stereocenters. The first kappa shape index (κ1) is 11.5. The Morgan fingerprint density at radius 3 is 2.31 bits per heavy atom. The van der Waals surface area contributed by atoms with Gasteiger partial charge in [0, 0.05) is 10.9 Å². The molecule has 0 fully saturated rings. The van der Waals surface area contributed by atoms with Gasteiger partial charge in [-0.2, -0.15) is 0 Å². The lowest BCUT2D eigenvalue weighted by Crippen LogP contribution is -1.91. The van der Waals surface area contributed by atoms with Gasteiger partial charge in [-0.05, 0) is 37.1 Å². The third-order valence-corrected chi connectivity index (χ3v) is 3.70. The molecule has 2 rings (SSSR count). The van der Waals surface area contributed by atoms with Crippen molar-refractivity contribution in [2.75, 3.05) is 7.11 Å². The van der Waals surface area contributed by atoms with E-state index >= 15 is 0 Å². The molecule has 0 spiro atoms. The minimum atomic E-state index is 0.770. The average Bonchev–Trinajstić information content (AvgIpc) is 2.64. The van der Waals surface area contributed by atoms with Crippen LogP contribution in [-0.4, -0.2) is 12.1 Å². The molecule has 4 heteroatoms. The van der Waals surface area contributed by atoms with Crippen molar-refractivity contribution < 1.29 is 4.74 Å². The second-order valence-corrected chi connectivity index (χ2v) is 4.97. The SMILES string of the molecule is COc1c(C)cc(-c2nc(S)cs2)cc1C. The quantitative estimate of drug-likeness (QED) is 0.822. The fraction of sp³-hybridized carbons (Fsp3) is 0.250. The van der Waals surface area contributed by atoms with Gasteiger partial charge in [0.25, 0.3) is 0 Å². The first-order valence-electron chi connectivity index (χ1n) is 4.92. The summed E-state index contributed by atoms with van der Waals surface area (Å²) in [6.45, 7) is 4.09. The van der Waals surface area contributed by atoms with Crippen LogP contribution in [0.2, 0.25) is 0 Å². The highest BCUT2D eigenvalue weighted by molar-refractivity contribution is 7.80. The maximum absolute atomic E-state index is 5.34. The lowest BCUT2D eigenvalue weighted by molar-refractivity contribution is 0.408. The molecule has 1 aromatic heterocycles. The Kier molecular flexibility index (Phi) is 3.21. The fourth-order valence-corrected chi connectivity index (χ4v) is 2.79. The van der Waals surface area contributed by atoms with Crippen molar-refractivity contribution in [3.8, 4) is 16.3 Å². The Morgan fingerprint density at radius 2 is 1.88 bits per heavy atom. The Balaban J connectivity index is 2.52. The van der Waals surface area contributed by atoms with Crippen LogP contribution < -0.4 is 4.74 Å². The molecule has 0 unspecified atom stereocenters. The molecule has 0 aliphatic rings. The average molecular weight is 251 g/mol. The van der Waals surface area contributed by atoms with Gasteiger partial charge in [-0.15, -0.1) is 24.0 Å². The van der Waals surface area contributed by atoms with E-state index < -0.39 is 0 Å². The second-order valence-electron chi connectivity index (χ2n) is 3.65. The number of hydrogen-bond donors (Lipinski definition) is 1. The number of hydrogen-bond acceptors (Lipinski definition) is 4. The zero-order valence-corrected chi connectivity index (χ0v) is 11.2. The van der Waals surface area contributed by atoms with Crippen LogP contribution in [0, 0.1) is 13.8 Å². The zero-order valence-electron chi connectivity index (χ0n) is 9.44. The lowest BCUT2D eigenvalue weighted by Gasteiger charge is -2.09. The molecular formula is C12H13NOS2. The lowest BCUT2D eigenvalue weighted by atomic mass is 10.1. The zero-order chi connectivity index (χ0) is 11.7. The summed E-state index contributed by atoms with van der Waals surface area (Å²) in [5.41, 5.74) is 3.39. The number of ether oxygens (including phenoxy) is 1. The van der Waals surface area contributed by atoms with Gasteiger partial charge in [0.05, 0.1) is 7.11 Å². The van der Waals surface area contributed by atoms with Gasteiger partial charge in [0.1, 0.15) is 15.8 Å². The van der Waals surface area contributed by atoms with Gasteiger partial charge in [-0.1, -0.05) is 0 Å². The summed E-state index contributed by atoms with van der Waals surface area (Å²) < 4.78 is 5.34. The number of aromatic nitrogens is 1. The van der Waals surface area contributed by atoms with Gasteiger partial charge < -0.3 is 4.74 Å². The molecule has 0 N–H and O–H groups in total. The van der Waals surface area contributed by atoms with Gasteiger partial charge >= 0.3 is 0 Å². The monoisotopic (exact) mass is 251 g/mol. The van der Waals surface area contributed by atoms with Gasteiger partial charge in [-0.3, -0.25) is 0 Å². The Hall–Kier alpha value is -1.00. The van der Waals surface area contributed by atoms with Crippen LogP contribution in [0.4, 0.5) is 0 Å². The number of thiazole rings is 1. The largest absolute Gasteiger partial charge is 0.496 e. The van der Waals surface area contributed by atoms with Gasteiger partial charge in [0.15, 0.2) is 0 Å². The van der Waals surface area contributed by atoms with E-state index in [0.717, 1.165) is 32.5 Å². The van der Waals surface area contributed by atoms with Crippen LogP contribution in [0.3, 0.4) is 0 Å². The van der Waals surface area contributed by atoms with E-state index in [1.54, 1.807) is 18.4 Å². The molecule has 16 heavy (non-hydrogen) atoms. The van der Waals surface area contributed by atoms with Gasteiger partial charge in [0.2, 0.25) is 0 Å². The second kappa shape index (κ2) is 4.47. The predicted molar refractivity (Wildman–Crippen MR) is 70.8 cm³/mol. The summed E-state index contributed by atoms with van der Waals surface area (Å²) in [6, 6.07) is 4.19. The van der Waals surface area contributed by atoms with Crippen molar-refractivity contribution >= 4 is 24.0 Å². The number of aryl methyl sites for hydroxylation is 2. The van der Waals surface area contributed by atoms with Gasteiger partial charge in [-0.25, -0.2) is 4.98 Å². The summed E-state index contributed by atoms with van der Waals surface area (Å²) in [6.07, 6.45) is 0. The van der Waals surface area contributed by atoms with Crippen LogP contribution >= 0.6 is 24.0 Å². The summed E-state index contributed by atoms with van der Waals surface area (Å²) in [4.78, 5) is 4.36. The summed E-state index contributed by atoms with van der Waals surface area (Å²) in [5, 5.41) is 3.71. The van der Waals surface area contributed by atoms with E-state index in [2.05, 4.69) is 29.7 Å². The molecule has 0 saturated heterocycles. The molecule has 2 aromatic rings. The highest BCUT2D eigenvalue weighted by Crippen LogP contribution is 2.31. The molecular weight excluding hydrogens is 238 g/mol. The van der Waals surface area contributed by atoms with Crippen LogP contribution in [0.15, 0.2) is 22.5 Å². The van der Waals surface area contributed by atoms with Crippen molar-refractivity contribution in [1.82, 2.24) is 4.98 Å². The summed E-state index contributed by atoms with van der Waals surface area (Å²) >= 11 is 5.83. The van der Waals surface area contributed by atoms with E-state index in [4.69, 9.17) is 4.74 Å². The summed E-state index contributed by atoms with van der Waals surface area (Å²) in [7, 11) is 1.70. The Morgan fingerprint density at radius 1 is 1.25 bits per heavy atom. The molecule has 1 heterocycles. The van der Waals surface area contributed by atoms with Crippen molar-refractivity contribution in [3.05, 3.63) is 28.6 Å². The smallest absolute Gasteiger partial charge is 0.124 e. The molecule has 2 nitrogen and oxygen atoms in total. The Bertz CT molecular complexity index is 496. The van der Waals surface area contributed by atoms with Crippen molar-refractivity contribution in [3.63, 3.8) is 0 Å². The topological polar surface area (TPSA) is 22.1 Å². The molecule has 0 aliphatic heterocycles. The molecule has 0 saturated carbocycles. The van der Waals surface area contributed by atoms with E-state index in [-0.39, 0.29) is 0 Å². The van der Waals surface area contributed by atoms with Crippen LogP contribution in [-0.2, 0) is 0 Å². The Labute approximate surface area is 105 Å². The first-order chi connectivity index (χ1) is 7.61. The third-order valence-electron chi connectivity index (χ3n) is 2.40. The number of benzene rings is 1. The highest BCUT2D eigenvalue weighted by Gasteiger charge is 2.08. The molecule has 0 radical (unpaired) electrons. The summed E-state index contributed by atoms with van der Waals surface area (Å²) in [5.74, 6) is 0.950.